The highest BCUT2D eigenvalue weighted by molar-refractivity contribution is 6.17. The van der Waals surface area contributed by atoms with Crippen LogP contribution in [0.15, 0.2) is 42.1 Å². The van der Waals surface area contributed by atoms with Crippen LogP contribution < -0.4 is 14.2 Å². The summed E-state index contributed by atoms with van der Waals surface area (Å²) >= 11 is 5.70. The Morgan fingerprint density at radius 3 is 2.32 bits per heavy atom. The second-order valence-corrected chi connectivity index (χ2v) is 17.3. The van der Waals surface area contributed by atoms with Gasteiger partial charge in [0.25, 0.3) is 0 Å². The minimum Gasteiger partial charge on any atom is -0.507 e. The van der Waals surface area contributed by atoms with Crippen molar-refractivity contribution < 1.29 is 43.4 Å². The first-order chi connectivity index (χ1) is 28.9. The van der Waals surface area contributed by atoms with Gasteiger partial charge >= 0.3 is 0 Å². The summed E-state index contributed by atoms with van der Waals surface area (Å²) in [6.07, 6.45) is 14.8. The number of alkyl halides is 1. The first-order valence-corrected chi connectivity index (χ1v) is 22.1. The predicted octanol–water partition coefficient (Wildman–Crippen LogP) is 8.61. The normalized spacial score (nSPS) is 19.5. The molecule has 0 radical (unpaired) electrons. The molecule has 0 amide bonds. The Bertz CT molecular complexity index is 1840. The first kappa shape index (κ1) is 47.4. The summed E-state index contributed by atoms with van der Waals surface area (Å²) in [6.45, 7) is 15.3. The van der Waals surface area contributed by atoms with Crippen LogP contribution in [0.1, 0.15) is 101 Å². The fourth-order valence-corrected chi connectivity index (χ4v) is 8.26. The quantitative estimate of drug-likeness (QED) is 0.0348. The number of allylic oxidation sites excluding steroid dienone is 2. The number of phenols is 1. The smallest absolute Gasteiger partial charge is 0.165 e. The Morgan fingerprint density at radius 1 is 0.883 bits per heavy atom. The minimum atomic E-state index is -0.374. The molecule has 2 aliphatic rings. The number of aromatic hydroxyl groups is 1. The molecule has 2 N–H and O–H groups in total. The van der Waals surface area contributed by atoms with Crippen molar-refractivity contribution in [1.82, 2.24) is 15.0 Å². The van der Waals surface area contributed by atoms with Gasteiger partial charge in [0, 0.05) is 24.0 Å². The summed E-state index contributed by atoms with van der Waals surface area (Å²) < 4.78 is 43.3. The van der Waals surface area contributed by atoms with E-state index < -0.39 is 0 Å². The summed E-state index contributed by atoms with van der Waals surface area (Å²) in [5.74, 6) is 3.12. The summed E-state index contributed by atoms with van der Waals surface area (Å²) in [6, 6.07) is 7.84. The van der Waals surface area contributed by atoms with Crippen molar-refractivity contribution in [3.8, 4) is 23.0 Å². The van der Waals surface area contributed by atoms with E-state index in [1.54, 1.807) is 17.9 Å². The lowest BCUT2D eigenvalue weighted by molar-refractivity contribution is -0.138. The maximum Gasteiger partial charge on any atom is 0.165 e. The maximum atomic E-state index is 11.2. The van der Waals surface area contributed by atoms with Crippen LogP contribution in [0.5, 0.6) is 23.0 Å². The van der Waals surface area contributed by atoms with Crippen molar-refractivity contribution >= 4 is 23.8 Å². The number of rotatable bonds is 26. The van der Waals surface area contributed by atoms with Crippen molar-refractivity contribution in [1.29, 1.82) is 0 Å². The number of aromatic nitrogens is 3. The number of ether oxygens (including phenoxy) is 7. The molecule has 1 aromatic heterocycles. The highest BCUT2D eigenvalue weighted by atomic mass is 35.5. The molecule has 3 aromatic rings. The minimum absolute atomic E-state index is 0.153. The predicted molar refractivity (Wildman–Crippen MR) is 235 cm³/mol. The fraction of sp³-hybridized carbons (Fsp3) is 0.617. The molecule has 2 aromatic carbocycles. The maximum absolute atomic E-state index is 11.2. The van der Waals surface area contributed by atoms with Gasteiger partial charge in [-0.3, -0.25) is 0 Å². The molecule has 60 heavy (non-hydrogen) atoms. The molecule has 13 heteroatoms. The van der Waals surface area contributed by atoms with Gasteiger partial charge in [0.1, 0.15) is 29.4 Å². The average molecular weight is 855 g/mol. The third-order valence-corrected chi connectivity index (χ3v) is 11.9. The van der Waals surface area contributed by atoms with E-state index in [0.717, 1.165) is 90.3 Å². The van der Waals surface area contributed by atoms with Crippen LogP contribution in [0.3, 0.4) is 0 Å². The van der Waals surface area contributed by atoms with Gasteiger partial charge in [-0.1, -0.05) is 55.7 Å². The number of nitrogens with zero attached hydrogens (tertiary/aromatic N) is 3. The molecule has 332 valence electrons. The van der Waals surface area contributed by atoms with Crippen molar-refractivity contribution in [2.24, 2.45) is 11.3 Å². The molecule has 2 heterocycles. The van der Waals surface area contributed by atoms with Crippen LogP contribution in [-0.4, -0.2) is 103 Å². The van der Waals surface area contributed by atoms with Crippen LogP contribution >= 0.6 is 11.6 Å². The van der Waals surface area contributed by atoms with Gasteiger partial charge in [0.05, 0.1) is 72.2 Å². The number of hydrogen-bond acceptors (Lipinski definition) is 11. The number of methoxy groups -OCH3 is 1. The Hall–Kier alpha value is -3.65. The molecule has 5 rings (SSSR count). The SMILES string of the molecule is COc1cc(/C=C/c2cc(O)c(CC=C(C)C)c(OCCOCCOCc3cn(CCOCCOCCCCCCCl)nn3)c2)cc2c1O[C@]1(C)CC[C@@H](O)C(C)(C)[C@H]1C2. The number of hydrogen-bond donors (Lipinski definition) is 2. The lowest BCUT2D eigenvalue weighted by Gasteiger charge is -2.55. The second-order valence-electron chi connectivity index (χ2n) is 16.9. The largest absolute Gasteiger partial charge is 0.507 e. The number of fused-ring (bicyclic) bond motifs is 2. The number of aliphatic hydroxyl groups excluding tert-OH is 1. The van der Waals surface area contributed by atoms with Crippen LogP contribution in [-0.2, 0) is 44.9 Å². The van der Waals surface area contributed by atoms with Gasteiger partial charge in [-0.05, 0) is 106 Å². The molecule has 1 fully saturated rings. The molecule has 0 saturated heterocycles. The Morgan fingerprint density at radius 2 is 1.57 bits per heavy atom. The first-order valence-electron chi connectivity index (χ1n) is 21.6. The zero-order valence-corrected chi connectivity index (χ0v) is 37.4. The topological polar surface area (TPSA) is 136 Å². The third-order valence-electron chi connectivity index (χ3n) is 11.6. The van der Waals surface area contributed by atoms with Crippen LogP contribution in [0.2, 0.25) is 0 Å². The van der Waals surface area contributed by atoms with E-state index in [0.29, 0.717) is 83.7 Å². The van der Waals surface area contributed by atoms with E-state index in [-0.39, 0.29) is 28.8 Å². The summed E-state index contributed by atoms with van der Waals surface area (Å²) in [7, 11) is 1.67. The monoisotopic (exact) mass is 853 g/mol. The zero-order chi connectivity index (χ0) is 43.0. The fourth-order valence-electron chi connectivity index (χ4n) is 8.08. The Labute approximate surface area is 362 Å². The Balaban J connectivity index is 1.07. The Kier molecular flexibility index (Phi) is 18.6. The number of halogens is 1. The summed E-state index contributed by atoms with van der Waals surface area (Å²) in [5.41, 5.74) is 4.76. The molecule has 1 saturated carbocycles. The molecule has 12 nitrogen and oxygen atoms in total. The van der Waals surface area contributed by atoms with Gasteiger partial charge in [-0.15, -0.1) is 16.7 Å². The highest BCUT2D eigenvalue weighted by Gasteiger charge is 2.54. The van der Waals surface area contributed by atoms with Gasteiger partial charge in [-0.2, -0.15) is 0 Å². The van der Waals surface area contributed by atoms with E-state index in [1.165, 1.54) is 0 Å². The zero-order valence-electron chi connectivity index (χ0n) is 36.7. The van der Waals surface area contributed by atoms with Crippen LogP contribution in [0.4, 0.5) is 0 Å². The molecule has 1 aliphatic carbocycles. The second kappa shape index (κ2) is 23.5. The van der Waals surface area contributed by atoms with Gasteiger partial charge in [-0.25, -0.2) is 4.68 Å². The number of benzene rings is 2. The molecule has 3 atom stereocenters. The van der Waals surface area contributed by atoms with Gasteiger partial charge in [0.15, 0.2) is 11.5 Å². The molecular weight excluding hydrogens is 786 g/mol. The van der Waals surface area contributed by atoms with Crippen LogP contribution in [0, 0.1) is 11.3 Å². The van der Waals surface area contributed by atoms with Crippen molar-refractivity contribution in [2.75, 3.05) is 65.8 Å². The van der Waals surface area contributed by atoms with E-state index >= 15 is 0 Å². The van der Waals surface area contributed by atoms with E-state index in [4.69, 9.17) is 44.8 Å². The lowest BCUT2D eigenvalue weighted by Crippen LogP contribution is -2.58. The van der Waals surface area contributed by atoms with E-state index in [1.807, 2.05) is 44.3 Å². The summed E-state index contributed by atoms with van der Waals surface area (Å²) in [4.78, 5) is 0. The van der Waals surface area contributed by atoms with Gasteiger partial charge < -0.3 is 43.4 Å². The standard InChI is InChI=1S/C47H68ClN3O9/c1-34(2)11-14-39-40(52)28-36(13-12-35-27-37-31-43-46(3,4)44(53)15-16-47(43,5)60-45(37)42(30-35)54-6)29-41(39)59-26-25-57-23-24-58-33-38-32-51(50-49-38)18-20-56-22-21-55-19-10-8-7-9-17-48/h11-13,27-30,32,43-44,52-53H,7-10,14-26,31,33H2,1-6H3/b13-12+/t43-,44-,47-/m1/s1. The van der Waals surface area contributed by atoms with Crippen molar-refractivity contribution in [2.45, 2.75) is 111 Å². The number of aliphatic hydroxyl groups is 1. The summed E-state index contributed by atoms with van der Waals surface area (Å²) in [5, 5.41) is 30.4. The molecule has 1 aliphatic heterocycles. The van der Waals surface area contributed by atoms with Crippen molar-refractivity contribution in [3.05, 3.63) is 70.1 Å². The average Bonchev–Trinajstić information content (AvgIpc) is 3.68. The van der Waals surface area contributed by atoms with E-state index in [9.17, 15) is 10.2 Å². The third kappa shape index (κ3) is 13.7. The number of phenolic OH excluding ortho intramolecular Hbond substituents is 1. The van der Waals surface area contributed by atoms with Crippen LogP contribution in [0.25, 0.3) is 12.2 Å². The van der Waals surface area contributed by atoms with Crippen molar-refractivity contribution in [3.63, 3.8) is 0 Å². The molecular formula is C47H68ClN3O9. The van der Waals surface area contributed by atoms with Gasteiger partial charge in [0.2, 0.25) is 0 Å². The highest BCUT2D eigenvalue weighted by Crippen LogP contribution is 2.55. The molecule has 0 spiro atoms. The van der Waals surface area contributed by atoms with E-state index in [2.05, 4.69) is 43.2 Å². The lowest BCUT2D eigenvalue weighted by atomic mass is 9.57. The molecule has 0 unspecified atom stereocenters. The number of unbranched alkanes of at least 4 members (excludes halogenated alkanes) is 3. The molecule has 0 bridgehead atoms.